The van der Waals surface area contributed by atoms with Crippen molar-refractivity contribution in [2.24, 2.45) is 5.92 Å². The number of carbonyl (C=O) groups excluding carboxylic acids is 1. The largest absolute Gasteiger partial charge is 0.349 e. The van der Waals surface area contributed by atoms with Crippen molar-refractivity contribution in [1.82, 2.24) is 5.32 Å². The van der Waals surface area contributed by atoms with Gasteiger partial charge in [0.1, 0.15) is 0 Å². The molecule has 1 aliphatic rings. The maximum Gasteiger partial charge on any atom is 0.251 e. The molecule has 0 heterocycles. The molecule has 2 rings (SSSR count). The predicted molar refractivity (Wildman–Crippen MR) is 70.0 cm³/mol. The number of hydrogen-bond acceptors (Lipinski definition) is 2. The van der Waals surface area contributed by atoms with Crippen molar-refractivity contribution < 1.29 is 4.79 Å². The average Bonchev–Trinajstić information content (AvgIpc) is 2.40. The fourth-order valence-corrected chi connectivity index (χ4v) is 2.46. The molecule has 1 amide bonds. The molecule has 3 heteroatoms. The van der Waals surface area contributed by atoms with Gasteiger partial charge in [0.15, 0.2) is 0 Å². The van der Waals surface area contributed by atoms with Crippen molar-refractivity contribution in [1.29, 1.82) is 5.26 Å². The lowest BCUT2D eigenvalue weighted by Crippen LogP contribution is -2.37. The van der Waals surface area contributed by atoms with Crippen molar-refractivity contribution in [2.75, 3.05) is 0 Å². The topological polar surface area (TPSA) is 52.9 Å². The fraction of sp³-hybridized carbons (Fsp3) is 0.467. The number of amides is 1. The summed E-state index contributed by atoms with van der Waals surface area (Å²) in [5, 5.41) is 11.9. The Kier molecular flexibility index (Phi) is 3.99. The van der Waals surface area contributed by atoms with Gasteiger partial charge in [-0.05, 0) is 44.2 Å². The summed E-state index contributed by atoms with van der Waals surface area (Å²) >= 11 is 0. The first kappa shape index (κ1) is 12.6. The standard InChI is InChI=1S/C15H18N2O/c1-11-4-2-3-5-14(11)15(18)17-13-8-6-12(10-16)7-9-13/h2-5,12-13H,6-9H2,1H3,(H,17,18). The SMILES string of the molecule is Cc1ccccc1C(=O)NC1CCC(C#N)CC1. The second-order valence-electron chi connectivity index (χ2n) is 4.97. The third-order valence-electron chi connectivity index (χ3n) is 3.63. The molecule has 0 aromatic heterocycles. The normalized spacial score (nSPS) is 23.1. The maximum absolute atomic E-state index is 12.1. The highest BCUT2D eigenvalue weighted by Crippen LogP contribution is 2.23. The van der Waals surface area contributed by atoms with Gasteiger partial charge in [-0.1, -0.05) is 18.2 Å². The Balaban J connectivity index is 1.93. The molecule has 0 bridgehead atoms. The van der Waals surface area contributed by atoms with Crippen LogP contribution in [0, 0.1) is 24.2 Å². The molecule has 1 N–H and O–H groups in total. The minimum atomic E-state index is 0.00788. The summed E-state index contributed by atoms with van der Waals surface area (Å²) in [6.45, 7) is 1.95. The van der Waals surface area contributed by atoms with Crippen LogP contribution in [-0.2, 0) is 0 Å². The molecule has 0 spiro atoms. The molecular formula is C15H18N2O. The van der Waals surface area contributed by atoms with Crippen molar-refractivity contribution in [3.8, 4) is 6.07 Å². The predicted octanol–water partition coefficient (Wildman–Crippen LogP) is 2.81. The van der Waals surface area contributed by atoms with E-state index in [2.05, 4.69) is 11.4 Å². The van der Waals surface area contributed by atoms with Crippen LogP contribution in [0.4, 0.5) is 0 Å². The van der Waals surface area contributed by atoms with Crippen LogP contribution in [0.1, 0.15) is 41.6 Å². The summed E-state index contributed by atoms with van der Waals surface area (Å²) in [6.07, 6.45) is 3.62. The van der Waals surface area contributed by atoms with Crippen LogP contribution in [0.15, 0.2) is 24.3 Å². The van der Waals surface area contributed by atoms with E-state index in [1.807, 2.05) is 31.2 Å². The van der Waals surface area contributed by atoms with Crippen LogP contribution in [0.25, 0.3) is 0 Å². The van der Waals surface area contributed by atoms with Gasteiger partial charge in [0.05, 0.1) is 6.07 Å². The summed E-state index contributed by atoms with van der Waals surface area (Å²) in [7, 11) is 0. The van der Waals surface area contributed by atoms with Crippen LogP contribution in [0.2, 0.25) is 0 Å². The van der Waals surface area contributed by atoms with Crippen LogP contribution in [0.3, 0.4) is 0 Å². The first-order valence-electron chi connectivity index (χ1n) is 6.47. The molecule has 1 saturated carbocycles. The van der Waals surface area contributed by atoms with E-state index in [4.69, 9.17) is 5.26 Å². The second kappa shape index (κ2) is 5.68. The lowest BCUT2D eigenvalue weighted by atomic mass is 9.87. The molecule has 0 aliphatic heterocycles. The van der Waals surface area contributed by atoms with E-state index < -0.39 is 0 Å². The summed E-state index contributed by atoms with van der Waals surface area (Å²) in [5.41, 5.74) is 1.75. The molecule has 0 saturated heterocycles. The number of nitrogens with zero attached hydrogens (tertiary/aromatic N) is 1. The molecule has 94 valence electrons. The molecule has 0 radical (unpaired) electrons. The fourth-order valence-electron chi connectivity index (χ4n) is 2.46. The van der Waals surface area contributed by atoms with Crippen molar-refractivity contribution in [3.05, 3.63) is 35.4 Å². The highest BCUT2D eigenvalue weighted by molar-refractivity contribution is 5.95. The number of hydrogen-bond donors (Lipinski definition) is 1. The van der Waals surface area contributed by atoms with E-state index in [1.54, 1.807) is 0 Å². The Morgan fingerprint density at radius 1 is 1.28 bits per heavy atom. The number of nitriles is 1. The van der Waals surface area contributed by atoms with Crippen molar-refractivity contribution in [2.45, 2.75) is 38.6 Å². The van der Waals surface area contributed by atoms with E-state index in [0.29, 0.717) is 0 Å². The molecule has 0 unspecified atom stereocenters. The Bertz CT molecular complexity index is 468. The molecule has 1 aromatic rings. The zero-order valence-electron chi connectivity index (χ0n) is 10.6. The average molecular weight is 242 g/mol. The van der Waals surface area contributed by atoms with Crippen molar-refractivity contribution in [3.63, 3.8) is 0 Å². The first-order chi connectivity index (χ1) is 8.70. The van der Waals surface area contributed by atoms with E-state index in [-0.39, 0.29) is 17.9 Å². The molecule has 1 aromatic carbocycles. The smallest absolute Gasteiger partial charge is 0.251 e. The molecular weight excluding hydrogens is 224 g/mol. The lowest BCUT2D eigenvalue weighted by Gasteiger charge is -2.25. The molecule has 0 atom stereocenters. The minimum absolute atomic E-state index is 0.00788. The number of aryl methyl sites for hydroxylation is 1. The Hall–Kier alpha value is -1.82. The molecule has 1 aliphatic carbocycles. The first-order valence-corrected chi connectivity index (χ1v) is 6.47. The monoisotopic (exact) mass is 242 g/mol. The van der Waals surface area contributed by atoms with Gasteiger partial charge in [0, 0.05) is 17.5 Å². The number of benzene rings is 1. The zero-order valence-corrected chi connectivity index (χ0v) is 10.6. The summed E-state index contributed by atoms with van der Waals surface area (Å²) in [4.78, 5) is 12.1. The van der Waals surface area contributed by atoms with Gasteiger partial charge < -0.3 is 5.32 Å². The summed E-state index contributed by atoms with van der Waals surface area (Å²) < 4.78 is 0. The van der Waals surface area contributed by atoms with E-state index in [0.717, 1.165) is 36.8 Å². The summed E-state index contributed by atoms with van der Waals surface area (Å²) in [5.74, 6) is 0.185. The van der Waals surface area contributed by atoms with Crippen LogP contribution >= 0.6 is 0 Å². The van der Waals surface area contributed by atoms with E-state index in [9.17, 15) is 4.79 Å². The maximum atomic E-state index is 12.1. The van der Waals surface area contributed by atoms with Gasteiger partial charge in [-0.2, -0.15) is 5.26 Å². The highest BCUT2D eigenvalue weighted by Gasteiger charge is 2.22. The third-order valence-corrected chi connectivity index (χ3v) is 3.63. The van der Waals surface area contributed by atoms with Gasteiger partial charge in [0.2, 0.25) is 0 Å². The van der Waals surface area contributed by atoms with E-state index in [1.165, 1.54) is 0 Å². The van der Waals surface area contributed by atoms with Crippen molar-refractivity contribution >= 4 is 5.91 Å². The second-order valence-corrected chi connectivity index (χ2v) is 4.97. The molecule has 3 nitrogen and oxygen atoms in total. The number of nitrogens with one attached hydrogen (secondary N) is 1. The molecule has 1 fully saturated rings. The lowest BCUT2D eigenvalue weighted by molar-refractivity contribution is 0.0924. The molecule has 18 heavy (non-hydrogen) atoms. The Morgan fingerprint density at radius 3 is 2.56 bits per heavy atom. The number of carbonyl (C=O) groups is 1. The van der Waals surface area contributed by atoms with Gasteiger partial charge in [-0.15, -0.1) is 0 Å². The van der Waals surface area contributed by atoms with Gasteiger partial charge in [-0.25, -0.2) is 0 Å². The summed E-state index contributed by atoms with van der Waals surface area (Å²) in [6, 6.07) is 10.1. The van der Waals surface area contributed by atoms with E-state index >= 15 is 0 Å². The minimum Gasteiger partial charge on any atom is -0.349 e. The van der Waals surface area contributed by atoms with Gasteiger partial charge in [-0.3, -0.25) is 4.79 Å². The quantitative estimate of drug-likeness (QED) is 0.867. The zero-order chi connectivity index (χ0) is 13.0. The van der Waals surface area contributed by atoms with Gasteiger partial charge in [0.25, 0.3) is 5.91 Å². The van der Waals surface area contributed by atoms with Gasteiger partial charge >= 0.3 is 0 Å². The number of rotatable bonds is 2. The Morgan fingerprint density at radius 2 is 1.94 bits per heavy atom. The van der Waals surface area contributed by atoms with Crippen LogP contribution in [0.5, 0.6) is 0 Å². The Labute approximate surface area is 108 Å². The van der Waals surface area contributed by atoms with Crippen LogP contribution < -0.4 is 5.32 Å². The highest BCUT2D eigenvalue weighted by atomic mass is 16.1. The van der Waals surface area contributed by atoms with Crippen LogP contribution in [-0.4, -0.2) is 11.9 Å². The third kappa shape index (κ3) is 2.89.